The zero-order valence-corrected chi connectivity index (χ0v) is 14.3. The molecule has 0 bridgehead atoms. The van der Waals surface area contributed by atoms with E-state index in [1.807, 2.05) is 24.4 Å². The van der Waals surface area contributed by atoms with Crippen molar-refractivity contribution in [2.75, 3.05) is 7.05 Å². The van der Waals surface area contributed by atoms with Crippen LogP contribution in [0.4, 0.5) is 4.39 Å². The molecule has 1 unspecified atom stereocenters. The minimum Gasteiger partial charge on any atom is -0.333 e. The van der Waals surface area contributed by atoms with Crippen LogP contribution in [-0.2, 0) is 0 Å². The molecule has 3 rings (SSSR count). The number of aromatic nitrogens is 1. The number of benzene rings is 1. The molecule has 3 aromatic rings. The van der Waals surface area contributed by atoms with Crippen molar-refractivity contribution in [1.82, 2.24) is 9.88 Å². The number of carbonyl (C=O) groups is 1. The molecule has 2 aromatic heterocycles. The summed E-state index contributed by atoms with van der Waals surface area (Å²) in [5.41, 5.74) is 0.890. The van der Waals surface area contributed by atoms with Gasteiger partial charge < -0.3 is 4.90 Å². The Morgan fingerprint density at radius 3 is 2.70 bits per heavy atom. The maximum absolute atomic E-state index is 13.9. The maximum atomic E-state index is 13.9. The van der Waals surface area contributed by atoms with Gasteiger partial charge in [-0.1, -0.05) is 24.3 Å². The van der Waals surface area contributed by atoms with Gasteiger partial charge in [0.2, 0.25) is 0 Å². The van der Waals surface area contributed by atoms with Crippen LogP contribution >= 0.6 is 22.7 Å². The Bertz CT molecular complexity index is 814. The Morgan fingerprint density at radius 1 is 1.22 bits per heavy atom. The molecule has 2 heterocycles. The highest BCUT2D eigenvalue weighted by Crippen LogP contribution is 2.29. The second-order valence-electron chi connectivity index (χ2n) is 5.13. The molecule has 1 amide bonds. The molecule has 0 fully saturated rings. The van der Waals surface area contributed by atoms with Crippen LogP contribution in [0.1, 0.15) is 29.0 Å². The molecule has 0 N–H and O–H groups in total. The summed E-state index contributed by atoms with van der Waals surface area (Å²) in [5.74, 6) is -0.517. The average Bonchev–Trinajstić information content (AvgIpc) is 3.24. The van der Waals surface area contributed by atoms with Crippen molar-refractivity contribution in [1.29, 1.82) is 0 Å². The summed E-state index contributed by atoms with van der Waals surface area (Å²) in [6.45, 7) is 1.81. The van der Waals surface area contributed by atoms with E-state index >= 15 is 0 Å². The van der Waals surface area contributed by atoms with Gasteiger partial charge in [0.1, 0.15) is 16.5 Å². The van der Waals surface area contributed by atoms with E-state index in [2.05, 4.69) is 4.98 Å². The topological polar surface area (TPSA) is 33.2 Å². The van der Waals surface area contributed by atoms with E-state index in [0.29, 0.717) is 11.3 Å². The van der Waals surface area contributed by atoms with Crippen LogP contribution in [0.3, 0.4) is 0 Å². The fraction of sp³-hybridized carbons (Fsp3) is 0.176. The van der Waals surface area contributed by atoms with Gasteiger partial charge in [0.25, 0.3) is 5.91 Å². The Morgan fingerprint density at radius 2 is 2.00 bits per heavy atom. The summed E-state index contributed by atoms with van der Waals surface area (Å²) in [4.78, 5) is 19.6. The molecule has 0 aliphatic rings. The first-order valence-corrected chi connectivity index (χ1v) is 8.85. The van der Waals surface area contributed by atoms with Gasteiger partial charge in [0, 0.05) is 18.0 Å². The molecule has 0 saturated carbocycles. The number of thiophene rings is 1. The van der Waals surface area contributed by atoms with Gasteiger partial charge in [-0.2, -0.15) is 0 Å². The Labute approximate surface area is 142 Å². The van der Waals surface area contributed by atoms with Gasteiger partial charge in [-0.25, -0.2) is 9.37 Å². The first-order valence-electron chi connectivity index (χ1n) is 7.09. The van der Waals surface area contributed by atoms with E-state index in [0.717, 1.165) is 9.88 Å². The second kappa shape index (κ2) is 6.60. The summed E-state index contributed by atoms with van der Waals surface area (Å²) in [5, 5.41) is 4.56. The first-order chi connectivity index (χ1) is 11.1. The predicted molar refractivity (Wildman–Crippen MR) is 92.3 cm³/mol. The van der Waals surface area contributed by atoms with Gasteiger partial charge >= 0.3 is 0 Å². The Hall–Kier alpha value is -2.05. The molecule has 0 aliphatic heterocycles. The van der Waals surface area contributed by atoms with Crippen LogP contribution in [0.5, 0.6) is 0 Å². The lowest BCUT2D eigenvalue weighted by molar-refractivity contribution is 0.0735. The molecule has 0 radical (unpaired) electrons. The molecule has 1 atom stereocenters. The quantitative estimate of drug-likeness (QED) is 0.677. The third-order valence-electron chi connectivity index (χ3n) is 3.71. The third-order valence-corrected chi connectivity index (χ3v) is 5.59. The average molecular weight is 346 g/mol. The number of hydrogen-bond donors (Lipinski definition) is 0. The summed E-state index contributed by atoms with van der Waals surface area (Å²) >= 11 is 3.03. The summed E-state index contributed by atoms with van der Waals surface area (Å²) in [7, 11) is 1.67. The van der Waals surface area contributed by atoms with Crippen LogP contribution in [0.15, 0.2) is 47.2 Å². The van der Waals surface area contributed by atoms with Crippen molar-refractivity contribution in [2.45, 2.75) is 13.0 Å². The highest BCUT2D eigenvalue weighted by Gasteiger charge is 2.23. The zero-order chi connectivity index (χ0) is 16.4. The monoisotopic (exact) mass is 346 g/mol. The number of rotatable bonds is 4. The third kappa shape index (κ3) is 3.18. The molecule has 118 valence electrons. The highest BCUT2D eigenvalue weighted by molar-refractivity contribution is 7.20. The highest BCUT2D eigenvalue weighted by atomic mass is 32.1. The van der Waals surface area contributed by atoms with Crippen LogP contribution in [-0.4, -0.2) is 22.8 Å². The van der Waals surface area contributed by atoms with Crippen molar-refractivity contribution >= 4 is 28.6 Å². The molecule has 6 heteroatoms. The number of halogens is 1. The second-order valence-corrected chi connectivity index (χ2v) is 6.93. The number of hydrogen-bond acceptors (Lipinski definition) is 4. The SMILES string of the molecule is CC(c1ccccc1F)N(C)C(=O)c1csc(-c2cccs2)n1. The largest absolute Gasteiger partial charge is 0.333 e. The van der Waals surface area contributed by atoms with Crippen molar-refractivity contribution in [3.63, 3.8) is 0 Å². The molecule has 3 nitrogen and oxygen atoms in total. The summed E-state index contributed by atoms with van der Waals surface area (Å²) in [6, 6.07) is 10.1. The smallest absolute Gasteiger partial charge is 0.273 e. The lowest BCUT2D eigenvalue weighted by atomic mass is 10.1. The van der Waals surface area contributed by atoms with Gasteiger partial charge in [0.15, 0.2) is 0 Å². The van der Waals surface area contributed by atoms with E-state index in [1.54, 1.807) is 42.0 Å². The fourth-order valence-electron chi connectivity index (χ4n) is 2.26. The van der Waals surface area contributed by atoms with Crippen molar-refractivity contribution < 1.29 is 9.18 Å². The summed E-state index contributed by atoms with van der Waals surface area (Å²) in [6.07, 6.45) is 0. The fourth-order valence-corrected chi connectivity index (χ4v) is 3.87. The van der Waals surface area contributed by atoms with E-state index in [9.17, 15) is 9.18 Å². The van der Waals surface area contributed by atoms with Gasteiger partial charge in [0.05, 0.1) is 10.9 Å². The van der Waals surface area contributed by atoms with Crippen molar-refractivity contribution in [2.24, 2.45) is 0 Å². The Balaban J connectivity index is 1.81. The lowest BCUT2D eigenvalue weighted by Crippen LogP contribution is -2.30. The molecule has 1 aromatic carbocycles. The number of carbonyl (C=O) groups excluding carboxylic acids is 1. The number of nitrogens with zero attached hydrogens (tertiary/aromatic N) is 2. The van der Waals surface area contributed by atoms with E-state index < -0.39 is 0 Å². The van der Waals surface area contributed by atoms with Gasteiger partial charge in [-0.05, 0) is 24.4 Å². The zero-order valence-electron chi connectivity index (χ0n) is 12.7. The summed E-state index contributed by atoms with van der Waals surface area (Å²) < 4.78 is 13.9. The van der Waals surface area contributed by atoms with E-state index in [1.165, 1.54) is 22.3 Å². The van der Waals surface area contributed by atoms with Gasteiger partial charge in [-0.15, -0.1) is 22.7 Å². The minimum absolute atomic E-state index is 0.209. The molecule has 0 aliphatic carbocycles. The minimum atomic E-state index is -0.365. The normalized spacial score (nSPS) is 12.1. The van der Waals surface area contributed by atoms with E-state index in [4.69, 9.17) is 0 Å². The van der Waals surface area contributed by atoms with E-state index in [-0.39, 0.29) is 17.8 Å². The van der Waals surface area contributed by atoms with Crippen LogP contribution in [0.2, 0.25) is 0 Å². The standard InChI is InChI=1S/C17H15FN2OS2/c1-11(12-6-3-4-7-13(12)18)20(2)17(21)14-10-23-16(19-14)15-8-5-9-22-15/h3-11H,1-2H3. The van der Waals surface area contributed by atoms with Crippen molar-refractivity contribution in [3.8, 4) is 9.88 Å². The molecule has 0 saturated heterocycles. The van der Waals surface area contributed by atoms with Crippen LogP contribution in [0.25, 0.3) is 9.88 Å². The number of thiazole rings is 1. The van der Waals surface area contributed by atoms with Crippen LogP contribution < -0.4 is 0 Å². The molecular formula is C17H15FN2OS2. The maximum Gasteiger partial charge on any atom is 0.273 e. The van der Waals surface area contributed by atoms with Crippen LogP contribution in [0, 0.1) is 5.82 Å². The van der Waals surface area contributed by atoms with Gasteiger partial charge in [-0.3, -0.25) is 4.79 Å². The Kier molecular flexibility index (Phi) is 4.54. The molecule has 0 spiro atoms. The number of amides is 1. The predicted octanol–water partition coefficient (Wildman–Crippen LogP) is 4.84. The first kappa shape index (κ1) is 15.8. The lowest BCUT2D eigenvalue weighted by Gasteiger charge is -2.24. The molecular weight excluding hydrogens is 331 g/mol. The molecule has 23 heavy (non-hydrogen) atoms. The van der Waals surface area contributed by atoms with Crippen molar-refractivity contribution in [3.05, 3.63) is 64.2 Å².